The van der Waals surface area contributed by atoms with Gasteiger partial charge in [0.15, 0.2) is 22.3 Å². The van der Waals surface area contributed by atoms with Crippen molar-refractivity contribution in [3.05, 3.63) is 70.3 Å². The number of carbonyl (C=O) groups is 3. The molecule has 0 saturated carbocycles. The van der Waals surface area contributed by atoms with Gasteiger partial charge < -0.3 is 44.0 Å². The van der Waals surface area contributed by atoms with E-state index in [1.807, 2.05) is 0 Å². The number of rotatable bonds is 11. The van der Waals surface area contributed by atoms with Crippen molar-refractivity contribution in [3.8, 4) is 5.75 Å². The first-order valence-corrected chi connectivity index (χ1v) is 16.6. The molecular formula is C28H26FN5Na2O10S3. The molecule has 2 aliphatic heterocycles. The average molecular weight is 754 g/mol. The maximum atomic E-state index is 15.1. The Balaban J connectivity index is 0.00000325. The van der Waals surface area contributed by atoms with Crippen molar-refractivity contribution in [2.75, 3.05) is 44.3 Å². The number of nitrogens with zero attached hydrogens (tertiary/aromatic N) is 3. The number of ether oxygens (including phenoxy) is 2. The molecule has 2 aliphatic rings. The summed E-state index contributed by atoms with van der Waals surface area (Å²) in [5.41, 5.74) is -1.20. The number of aromatic carboxylic acids is 1. The van der Waals surface area contributed by atoms with Gasteiger partial charge in [-0.15, -0.1) is 0 Å². The van der Waals surface area contributed by atoms with Crippen LogP contribution in [0.1, 0.15) is 10.4 Å². The summed E-state index contributed by atoms with van der Waals surface area (Å²) < 4.78 is 62.3. The Kier molecular flexibility index (Phi) is 14.9. The Labute approximate surface area is 333 Å². The van der Waals surface area contributed by atoms with Gasteiger partial charge in [0.05, 0.1) is 29.3 Å². The largest absolute Gasteiger partial charge is 1.00 e. The van der Waals surface area contributed by atoms with Crippen LogP contribution in [0, 0.1) is 5.82 Å². The maximum absolute atomic E-state index is 15.1. The van der Waals surface area contributed by atoms with Crippen LogP contribution < -0.4 is 89.9 Å². The Bertz CT molecular complexity index is 1900. The number of benzene rings is 2. The molecule has 1 unspecified atom stereocenters. The minimum absolute atomic E-state index is 0. The monoisotopic (exact) mass is 753 g/mol. The molecule has 250 valence electrons. The van der Waals surface area contributed by atoms with Crippen molar-refractivity contribution in [2.24, 2.45) is 0 Å². The van der Waals surface area contributed by atoms with E-state index >= 15 is 4.39 Å². The molecule has 21 heteroatoms. The Morgan fingerprint density at radius 2 is 1.80 bits per heavy atom. The molecule has 0 bridgehead atoms. The molecule has 1 aromatic heterocycles. The number of carboxylic acid groups (broad SMARTS) is 1. The standard InChI is InChI=1S/C28H28FN5O10S3.2Na/c29-19-12-17-20(13-21(19)32-8-6-30-7-9-32)33(14-18(24(17)36)27(38)39)10-11-43-28(45)46-26-23(25(37)34(26)47(40,41)42)31-22(35)15-44-16-4-2-1-3-5-16;;/h1-5,12-14,23,26,30H,6-11,15H2,(H,31,35)(H,38,39)(H,40,41,42);;/q;2*+1/p-2/t23-,26?;;/m0../s1. The molecule has 2 amide bonds. The first-order valence-electron chi connectivity index (χ1n) is 14.0. The second-order valence-corrected chi connectivity index (χ2v) is 13.2. The number of hydrogen-bond donors (Lipinski definition) is 2. The van der Waals surface area contributed by atoms with Crippen LogP contribution in [-0.2, 0) is 31.2 Å². The number of carboxylic acids is 1. The minimum atomic E-state index is -5.27. The number of carbonyl (C=O) groups excluding carboxylic acids is 3. The molecule has 0 spiro atoms. The Morgan fingerprint density at radius 3 is 2.43 bits per heavy atom. The van der Waals surface area contributed by atoms with E-state index in [4.69, 9.17) is 21.7 Å². The molecule has 15 nitrogen and oxygen atoms in total. The number of anilines is 1. The fourth-order valence-corrected chi connectivity index (χ4v) is 7.45. The maximum Gasteiger partial charge on any atom is 1.00 e. The van der Waals surface area contributed by atoms with Crippen LogP contribution in [0.25, 0.3) is 10.9 Å². The predicted octanol–water partition coefficient (Wildman–Crippen LogP) is -6.85. The SMILES string of the molecule is O=C(COc1ccccc1)N[C@H]1C(=O)N(S(=O)(=O)[O-])C1SC(=S)OCCn1cc(C(=O)[O-])c(=O)c2cc(F)c(N3CCNCC3)cc21.[Na+].[Na+]. The van der Waals surface area contributed by atoms with Crippen LogP contribution in [0.3, 0.4) is 0 Å². The van der Waals surface area contributed by atoms with Gasteiger partial charge in [-0.25, -0.2) is 17.1 Å². The second kappa shape index (κ2) is 17.8. The van der Waals surface area contributed by atoms with Gasteiger partial charge in [0.1, 0.15) is 29.6 Å². The quantitative estimate of drug-likeness (QED) is 0.0810. The summed E-state index contributed by atoms with van der Waals surface area (Å²) in [5, 5.41) is 15.5. The number of β-lactam (4-membered cyclic amide) rings is 1. The van der Waals surface area contributed by atoms with Gasteiger partial charge in [-0.3, -0.25) is 14.4 Å². The molecule has 2 aromatic carbocycles. The van der Waals surface area contributed by atoms with Crippen molar-refractivity contribution in [1.82, 2.24) is 19.5 Å². The number of pyridine rings is 1. The van der Waals surface area contributed by atoms with Crippen molar-refractivity contribution in [3.63, 3.8) is 0 Å². The number of thioether (sulfide) groups is 1. The van der Waals surface area contributed by atoms with E-state index in [1.165, 1.54) is 10.6 Å². The number of hydrogen-bond acceptors (Lipinski definition) is 14. The van der Waals surface area contributed by atoms with Crippen LogP contribution in [-0.4, -0.2) is 94.8 Å². The van der Waals surface area contributed by atoms with E-state index < -0.39 is 62.9 Å². The van der Waals surface area contributed by atoms with Gasteiger partial charge in [0.25, 0.3) is 11.8 Å². The Morgan fingerprint density at radius 1 is 1.12 bits per heavy atom. The third-order valence-corrected chi connectivity index (χ3v) is 9.73. The number of nitrogens with one attached hydrogen (secondary N) is 2. The van der Waals surface area contributed by atoms with Crippen LogP contribution >= 0.6 is 24.0 Å². The third kappa shape index (κ3) is 9.73. The molecule has 2 N–H and O–H groups in total. The molecule has 2 fully saturated rings. The number of fused-ring (bicyclic) bond motifs is 1. The summed E-state index contributed by atoms with van der Waals surface area (Å²) in [4.78, 5) is 51.2. The zero-order valence-corrected chi connectivity index (χ0v) is 32.7. The topological polar surface area (TPSA) is 202 Å². The van der Waals surface area contributed by atoms with Crippen LogP contribution in [0.2, 0.25) is 0 Å². The zero-order chi connectivity index (χ0) is 33.9. The van der Waals surface area contributed by atoms with E-state index in [-0.39, 0.29) is 97.5 Å². The van der Waals surface area contributed by atoms with Gasteiger partial charge in [-0.1, -0.05) is 18.2 Å². The molecule has 0 radical (unpaired) electrons. The third-order valence-electron chi connectivity index (χ3n) is 7.27. The number of thiocarbonyl (C=S) groups is 1. The molecule has 5 rings (SSSR count). The van der Waals surface area contributed by atoms with Gasteiger partial charge in [-0.2, -0.15) is 0 Å². The summed E-state index contributed by atoms with van der Waals surface area (Å²) in [6.45, 7) is 1.34. The summed E-state index contributed by atoms with van der Waals surface area (Å²) in [5.74, 6) is -4.03. The van der Waals surface area contributed by atoms with E-state index in [2.05, 4.69) is 10.6 Å². The minimum Gasteiger partial charge on any atom is -0.731 e. The summed E-state index contributed by atoms with van der Waals surface area (Å²) in [6, 6.07) is 9.27. The molecule has 0 aliphatic carbocycles. The van der Waals surface area contributed by atoms with Crippen LogP contribution in [0.5, 0.6) is 5.75 Å². The predicted molar refractivity (Wildman–Crippen MR) is 168 cm³/mol. The van der Waals surface area contributed by atoms with E-state index in [1.54, 1.807) is 35.2 Å². The van der Waals surface area contributed by atoms with Crippen LogP contribution in [0.4, 0.5) is 10.1 Å². The van der Waals surface area contributed by atoms with Crippen molar-refractivity contribution >= 4 is 73.0 Å². The fourth-order valence-electron chi connectivity index (χ4n) is 5.04. The number of halogens is 1. The van der Waals surface area contributed by atoms with Crippen LogP contribution in [0.15, 0.2) is 53.5 Å². The molecule has 2 atom stereocenters. The molecule has 3 heterocycles. The fraction of sp³-hybridized carbons (Fsp3) is 0.321. The van der Waals surface area contributed by atoms with Gasteiger partial charge in [-0.05, 0) is 48.2 Å². The number of piperazine rings is 1. The normalized spacial score (nSPS) is 17.3. The van der Waals surface area contributed by atoms with Crippen molar-refractivity contribution in [2.45, 2.75) is 18.0 Å². The van der Waals surface area contributed by atoms with Gasteiger partial charge in [0.2, 0.25) is 4.38 Å². The van der Waals surface area contributed by atoms with Crippen molar-refractivity contribution < 1.29 is 105 Å². The zero-order valence-electron chi connectivity index (χ0n) is 26.3. The van der Waals surface area contributed by atoms with E-state index in [9.17, 15) is 37.3 Å². The number of amides is 2. The second-order valence-electron chi connectivity index (χ2n) is 10.3. The van der Waals surface area contributed by atoms with Crippen molar-refractivity contribution in [1.29, 1.82) is 0 Å². The molecule has 2 saturated heterocycles. The van der Waals surface area contributed by atoms with E-state index in [0.29, 0.717) is 43.7 Å². The molecule has 49 heavy (non-hydrogen) atoms. The number of aromatic nitrogens is 1. The first-order chi connectivity index (χ1) is 22.3. The Hall–Kier alpha value is -2.30. The summed E-state index contributed by atoms with van der Waals surface area (Å²) in [6.07, 6.45) is 1.04. The van der Waals surface area contributed by atoms with Gasteiger partial charge in [0, 0.05) is 37.8 Å². The first kappa shape index (κ1) is 41.1. The number of para-hydroxylation sites is 1. The average Bonchev–Trinajstić information content (AvgIpc) is 3.03. The van der Waals surface area contributed by atoms with Gasteiger partial charge >= 0.3 is 59.1 Å². The summed E-state index contributed by atoms with van der Waals surface area (Å²) >= 11 is 5.71. The smallest absolute Gasteiger partial charge is 0.731 e. The summed E-state index contributed by atoms with van der Waals surface area (Å²) in [7, 11) is -5.27. The van der Waals surface area contributed by atoms with E-state index in [0.717, 1.165) is 12.3 Å². The molecular weight excluding hydrogens is 728 g/mol. The molecule has 3 aromatic rings.